The van der Waals surface area contributed by atoms with Crippen LogP contribution in [0.1, 0.15) is 40.5 Å². The summed E-state index contributed by atoms with van der Waals surface area (Å²) in [4.78, 5) is 12.9. The van der Waals surface area contributed by atoms with E-state index in [1.165, 1.54) is 4.90 Å². The zero-order valence-electron chi connectivity index (χ0n) is 10.5. The molecule has 1 amide bonds. The molecule has 0 aromatic rings. The highest BCUT2D eigenvalue weighted by molar-refractivity contribution is 5.86. The van der Waals surface area contributed by atoms with E-state index in [2.05, 4.69) is 0 Å². The summed E-state index contributed by atoms with van der Waals surface area (Å²) in [6.45, 7) is 8.31. The van der Waals surface area contributed by atoms with Crippen molar-refractivity contribution in [3.05, 3.63) is 0 Å². The smallest absolute Gasteiger partial charge is 0.326 e. The largest absolute Gasteiger partial charge is 0.334 e. The summed E-state index contributed by atoms with van der Waals surface area (Å²) in [6.07, 6.45) is 0.352. The highest BCUT2D eigenvalue weighted by Gasteiger charge is 2.53. The third-order valence-electron chi connectivity index (χ3n) is 2.81. The maximum absolute atomic E-state index is 13.3. The molecular weight excluding hydrogens is 212 g/mol. The maximum Gasteiger partial charge on any atom is 0.326 e. The highest BCUT2D eigenvalue weighted by atomic mass is 19.3. The van der Waals surface area contributed by atoms with Crippen LogP contribution in [0.2, 0.25) is 0 Å². The predicted octanol–water partition coefficient (Wildman–Crippen LogP) is 2.92. The molecule has 0 unspecified atom stereocenters. The summed E-state index contributed by atoms with van der Waals surface area (Å²) in [6, 6.07) is -0.287. The van der Waals surface area contributed by atoms with Gasteiger partial charge in [-0.25, -0.2) is 0 Å². The lowest BCUT2D eigenvalue weighted by Crippen LogP contribution is -2.39. The number of likely N-dealkylation sites (tertiary alicyclic amines) is 1. The normalized spacial score (nSPS) is 24.9. The SMILES string of the molecule is CC(C)C[C@H]1CC(F)(F)C(=O)N1CC(C)C. The molecule has 0 aromatic heterocycles. The van der Waals surface area contributed by atoms with Crippen LogP contribution in [0, 0.1) is 11.8 Å². The molecule has 1 fully saturated rings. The fourth-order valence-electron chi connectivity index (χ4n) is 2.25. The van der Waals surface area contributed by atoms with Gasteiger partial charge in [0.1, 0.15) is 0 Å². The van der Waals surface area contributed by atoms with Gasteiger partial charge < -0.3 is 4.90 Å². The monoisotopic (exact) mass is 233 g/mol. The molecular formula is C12H21F2NO. The van der Waals surface area contributed by atoms with Crippen molar-refractivity contribution < 1.29 is 13.6 Å². The molecule has 16 heavy (non-hydrogen) atoms. The number of alkyl halides is 2. The van der Waals surface area contributed by atoms with Crippen LogP contribution in [0.3, 0.4) is 0 Å². The fraction of sp³-hybridized carbons (Fsp3) is 0.917. The topological polar surface area (TPSA) is 20.3 Å². The maximum atomic E-state index is 13.3. The molecule has 1 atom stereocenters. The molecule has 0 N–H and O–H groups in total. The molecule has 0 aliphatic carbocycles. The Hall–Kier alpha value is -0.670. The number of hydrogen-bond acceptors (Lipinski definition) is 1. The average Bonchev–Trinajstić information content (AvgIpc) is 2.27. The van der Waals surface area contributed by atoms with Gasteiger partial charge in [-0.3, -0.25) is 4.79 Å². The van der Waals surface area contributed by atoms with Gasteiger partial charge in [-0.15, -0.1) is 0 Å². The lowest BCUT2D eigenvalue weighted by molar-refractivity contribution is -0.148. The number of amides is 1. The third-order valence-corrected chi connectivity index (χ3v) is 2.81. The van der Waals surface area contributed by atoms with Crippen molar-refractivity contribution in [1.82, 2.24) is 4.90 Å². The Morgan fingerprint density at radius 2 is 1.88 bits per heavy atom. The van der Waals surface area contributed by atoms with E-state index in [9.17, 15) is 13.6 Å². The number of carbonyl (C=O) groups is 1. The molecule has 1 saturated heterocycles. The van der Waals surface area contributed by atoms with Crippen molar-refractivity contribution in [3.8, 4) is 0 Å². The molecule has 0 bridgehead atoms. The minimum absolute atomic E-state index is 0.229. The first-order chi connectivity index (χ1) is 7.24. The quantitative estimate of drug-likeness (QED) is 0.731. The van der Waals surface area contributed by atoms with Gasteiger partial charge in [0.15, 0.2) is 0 Å². The molecule has 0 aromatic carbocycles. The van der Waals surface area contributed by atoms with Crippen LogP contribution in [0.25, 0.3) is 0 Å². The molecule has 0 radical (unpaired) electrons. The first-order valence-electron chi connectivity index (χ1n) is 5.93. The van der Waals surface area contributed by atoms with Crippen molar-refractivity contribution in [2.24, 2.45) is 11.8 Å². The Bertz CT molecular complexity index is 264. The zero-order chi connectivity index (χ0) is 12.5. The van der Waals surface area contributed by atoms with Gasteiger partial charge in [0, 0.05) is 19.0 Å². The van der Waals surface area contributed by atoms with E-state index in [1.54, 1.807) is 0 Å². The van der Waals surface area contributed by atoms with Crippen LogP contribution < -0.4 is 0 Å². The fourth-order valence-corrected chi connectivity index (χ4v) is 2.25. The van der Waals surface area contributed by atoms with Crippen LogP contribution in [0.15, 0.2) is 0 Å². The van der Waals surface area contributed by atoms with E-state index < -0.39 is 11.8 Å². The standard InChI is InChI=1S/C12H21F2NO/c1-8(2)5-10-6-12(13,14)11(16)15(10)7-9(3)4/h8-10H,5-7H2,1-4H3/t10-/m0/s1. The number of nitrogens with zero attached hydrogens (tertiary/aromatic N) is 1. The molecule has 0 spiro atoms. The van der Waals surface area contributed by atoms with Crippen molar-refractivity contribution >= 4 is 5.91 Å². The van der Waals surface area contributed by atoms with Gasteiger partial charge in [0.25, 0.3) is 5.91 Å². The molecule has 94 valence electrons. The van der Waals surface area contributed by atoms with E-state index in [4.69, 9.17) is 0 Å². The van der Waals surface area contributed by atoms with Crippen molar-refractivity contribution in [2.75, 3.05) is 6.54 Å². The van der Waals surface area contributed by atoms with Gasteiger partial charge in [-0.2, -0.15) is 8.78 Å². The van der Waals surface area contributed by atoms with Crippen LogP contribution >= 0.6 is 0 Å². The Kier molecular flexibility index (Phi) is 3.92. The van der Waals surface area contributed by atoms with E-state index >= 15 is 0 Å². The first kappa shape index (κ1) is 13.4. The predicted molar refractivity (Wildman–Crippen MR) is 59.4 cm³/mol. The molecule has 1 rings (SSSR count). The molecule has 1 aliphatic rings. The minimum Gasteiger partial charge on any atom is -0.334 e. The van der Waals surface area contributed by atoms with Crippen molar-refractivity contribution in [1.29, 1.82) is 0 Å². The summed E-state index contributed by atoms with van der Waals surface area (Å²) in [7, 11) is 0. The third kappa shape index (κ3) is 2.92. The van der Waals surface area contributed by atoms with Crippen LogP contribution in [0.4, 0.5) is 8.78 Å². The van der Waals surface area contributed by atoms with Crippen LogP contribution in [-0.4, -0.2) is 29.3 Å². The van der Waals surface area contributed by atoms with Gasteiger partial charge >= 0.3 is 5.92 Å². The van der Waals surface area contributed by atoms with Crippen LogP contribution in [0.5, 0.6) is 0 Å². The summed E-state index contributed by atoms with van der Waals surface area (Å²) >= 11 is 0. The van der Waals surface area contributed by atoms with Crippen LogP contribution in [-0.2, 0) is 4.79 Å². The van der Waals surface area contributed by atoms with E-state index in [0.29, 0.717) is 18.9 Å². The Morgan fingerprint density at radius 1 is 1.31 bits per heavy atom. The Balaban J connectivity index is 2.77. The number of carbonyl (C=O) groups excluding carboxylic acids is 1. The molecule has 2 nitrogen and oxygen atoms in total. The molecule has 1 aliphatic heterocycles. The van der Waals surface area contributed by atoms with Gasteiger partial charge in [0.05, 0.1) is 0 Å². The second-order valence-corrected chi connectivity index (χ2v) is 5.54. The Morgan fingerprint density at radius 3 is 2.31 bits per heavy atom. The lowest BCUT2D eigenvalue weighted by atomic mass is 10.0. The van der Waals surface area contributed by atoms with Crippen molar-refractivity contribution in [3.63, 3.8) is 0 Å². The van der Waals surface area contributed by atoms with E-state index in [1.807, 2.05) is 27.7 Å². The molecule has 4 heteroatoms. The molecule has 0 saturated carbocycles. The van der Waals surface area contributed by atoms with Gasteiger partial charge in [-0.1, -0.05) is 27.7 Å². The number of halogens is 2. The number of rotatable bonds is 4. The van der Waals surface area contributed by atoms with E-state index in [0.717, 1.165) is 0 Å². The highest BCUT2D eigenvalue weighted by Crippen LogP contribution is 2.36. The summed E-state index contributed by atoms with van der Waals surface area (Å²) in [5.41, 5.74) is 0. The zero-order valence-corrected chi connectivity index (χ0v) is 10.5. The van der Waals surface area contributed by atoms with Gasteiger partial charge in [0.2, 0.25) is 0 Å². The second-order valence-electron chi connectivity index (χ2n) is 5.54. The van der Waals surface area contributed by atoms with Crippen molar-refractivity contribution in [2.45, 2.75) is 52.5 Å². The lowest BCUT2D eigenvalue weighted by Gasteiger charge is -2.26. The van der Waals surface area contributed by atoms with Gasteiger partial charge in [-0.05, 0) is 18.3 Å². The first-order valence-corrected chi connectivity index (χ1v) is 5.93. The molecule has 1 heterocycles. The number of hydrogen-bond donors (Lipinski definition) is 0. The Labute approximate surface area is 96.0 Å². The summed E-state index contributed by atoms with van der Waals surface area (Å²) in [5.74, 6) is -3.56. The summed E-state index contributed by atoms with van der Waals surface area (Å²) in [5, 5.41) is 0. The minimum atomic E-state index is -3.14. The van der Waals surface area contributed by atoms with E-state index in [-0.39, 0.29) is 18.4 Å². The second kappa shape index (κ2) is 4.68. The average molecular weight is 233 g/mol. The summed E-state index contributed by atoms with van der Waals surface area (Å²) < 4.78 is 26.7.